The minimum atomic E-state index is -4.08. The Hall–Kier alpha value is -2.59. The van der Waals surface area contributed by atoms with Gasteiger partial charge in [0.1, 0.15) is 13.2 Å². The van der Waals surface area contributed by atoms with Crippen LogP contribution in [0, 0.1) is 0 Å². The molecule has 0 aliphatic carbocycles. The van der Waals surface area contributed by atoms with Gasteiger partial charge in [0.05, 0.1) is 0 Å². The van der Waals surface area contributed by atoms with Crippen molar-refractivity contribution >= 4 is 10.0 Å². The Morgan fingerprint density at radius 2 is 1.77 bits per heavy atom. The standard InChI is InChI=1S/C16H19N3O6S/c1-17-10-14(15(20)19(3)16(17)21)26(22,23)18(2)9-11-4-5-12-13(8-11)25-7-6-24-12/h4-5,8,10H,6-7,9H2,1-3H3. The van der Waals surface area contributed by atoms with Crippen LogP contribution in [0.5, 0.6) is 11.5 Å². The molecule has 26 heavy (non-hydrogen) atoms. The molecule has 10 heteroatoms. The molecule has 0 saturated heterocycles. The first kappa shape index (κ1) is 18.2. The summed E-state index contributed by atoms with van der Waals surface area (Å²) in [6.07, 6.45) is 1.04. The van der Waals surface area contributed by atoms with Crippen molar-refractivity contribution in [1.82, 2.24) is 13.4 Å². The molecule has 0 bridgehead atoms. The summed E-state index contributed by atoms with van der Waals surface area (Å²) in [7, 11) is -0.0799. The second-order valence-electron chi connectivity index (χ2n) is 5.99. The lowest BCUT2D eigenvalue weighted by molar-refractivity contribution is 0.171. The number of benzene rings is 1. The van der Waals surface area contributed by atoms with E-state index in [1.54, 1.807) is 18.2 Å². The van der Waals surface area contributed by atoms with Crippen molar-refractivity contribution in [2.75, 3.05) is 20.3 Å². The van der Waals surface area contributed by atoms with Crippen LogP contribution in [0.2, 0.25) is 0 Å². The van der Waals surface area contributed by atoms with Crippen molar-refractivity contribution < 1.29 is 17.9 Å². The molecule has 2 aromatic rings. The monoisotopic (exact) mass is 381 g/mol. The molecular formula is C16H19N3O6S. The number of fused-ring (bicyclic) bond motifs is 1. The van der Waals surface area contributed by atoms with Gasteiger partial charge in [-0.3, -0.25) is 9.36 Å². The van der Waals surface area contributed by atoms with Gasteiger partial charge in [-0.1, -0.05) is 6.07 Å². The molecule has 0 radical (unpaired) electrons. The summed E-state index contributed by atoms with van der Waals surface area (Å²) in [4.78, 5) is 23.5. The lowest BCUT2D eigenvalue weighted by Gasteiger charge is -2.21. The number of rotatable bonds is 4. The SMILES string of the molecule is CN(Cc1ccc2c(c1)OCCO2)S(=O)(=O)c1cn(C)c(=O)n(C)c1=O. The minimum absolute atomic E-state index is 0.0327. The number of hydrogen-bond donors (Lipinski definition) is 0. The predicted molar refractivity (Wildman–Crippen MR) is 93.0 cm³/mol. The topological polar surface area (TPSA) is 99.8 Å². The van der Waals surface area contributed by atoms with Crippen LogP contribution in [0.25, 0.3) is 0 Å². The van der Waals surface area contributed by atoms with Crippen LogP contribution in [-0.4, -0.2) is 42.1 Å². The summed E-state index contributed by atoms with van der Waals surface area (Å²) >= 11 is 0. The zero-order valence-electron chi connectivity index (χ0n) is 14.6. The lowest BCUT2D eigenvalue weighted by atomic mass is 10.2. The fraction of sp³-hybridized carbons (Fsp3) is 0.375. The molecule has 0 atom stereocenters. The van der Waals surface area contributed by atoms with Crippen LogP contribution in [0.4, 0.5) is 0 Å². The van der Waals surface area contributed by atoms with Gasteiger partial charge in [-0.25, -0.2) is 13.2 Å². The Labute approximate surface area is 150 Å². The van der Waals surface area contributed by atoms with Crippen molar-refractivity contribution in [3.8, 4) is 11.5 Å². The maximum atomic E-state index is 12.8. The molecule has 1 aromatic carbocycles. The fourth-order valence-electron chi connectivity index (χ4n) is 2.65. The van der Waals surface area contributed by atoms with Gasteiger partial charge < -0.3 is 14.0 Å². The van der Waals surface area contributed by atoms with Gasteiger partial charge in [0.25, 0.3) is 5.56 Å². The van der Waals surface area contributed by atoms with E-state index in [0.717, 1.165) is 19.6 Å². The van der Waals surface area contributed by atoms with Crippen LogP contribution in [0.1, 0.15) is 5.56 Å². The number of nitrogens with zero attached hydrogens (tertiary/aromatic N) is 3. The zero-order chi connectivity index (χ0) is 19.1. The van der Waals surface area contributed by atoms with Crippen LogP contribution >= 0.6 is 0 Å². The molecule has 3 rings (SSSR count). The summed E-state index contributed by atoms with van der Waals surface area (Å²) in [5.41, 5.74) is -0.771. The van der Waals surface area contributed by atoms with Crippen molar-refractivity contribution in [3.63, 3.8) is 0 Å². The minimum Gasteiger partial charge on any atom is -0.486 e. The third-order valence-corrected chi connectivity index (χ3v) is 5.90. The van der Waals surface area contributed by atoms with Gasteiger partial charge in [0.15, 0.2) is 16.4 Å². The highest BCUT2D eigenvalue weighted by Gasteiger charge is 2.26. The molecule has 9 nitrogen and oxygen atoms in total. The maximum Gasteiger partial charge on any atom is 0.330 e. The van der Waals surface area contributed by atoms with Gasteiger partial charge in [-0.05, 0) is 17.7 Å². The first-order chi connectivity index (χ1) is 12.2. The molecule has 0 fully saturated rings. The van der Waals surface area contributed by atoms with Crippen molar-refractivity contribution in [2.45, 2.75) is 11.4 Å². The smallest absolute Gasteiger partial charge is 0.330 e. The Balaban J connectivity index is 1.93. The summed E-state index contributed by atoms with van der Waals surface area (Å²) in [5, 5.41) is 0. The molecule has 1 aromatic heterocycles. The quantitative estimate of drug-likeness (QED) is 0.719. The molecule has 0 spiro atoms. The normalized spacial score (nSPS) is 13.8. The van der Waals surface area contributed by atoms with Gasteiger partial charge >= 0.3 is 5.69 Å². The van der Waals surface area contributed by atoms with Crippen LogP contribution in [0.15, 0.2) is 38.9 Å². The molecular weight excluding hydrogens is 362 g/mol. The Bertz CT molecular complexity index is 1070. The van der Waals surface area contributed by atoms with Crippen LogP contribution in [-0.2, 0) is 30.7 Å². The highest BCUT2D eigenvalue weighted by molar-refractivity contribution is 7.89. The molecule has 0 saturated carbocycles. The molecule has 1 aliphatic rings. The molecule has 1 aliphatic heterocycles. The zero-order valence-corrected chi connectivity index (χ0v) is 15.4. The Morgan fingerprint density at radius 3 is 2.46 bits per heavy atom. The van der Waals surface area contributed by atoms with E-state index in [4.69, 9.17) is 9.47 Å². The second-order valence-corrected chi connectivity index (χ2v) is 8.00. The fourth-order valence-corrected chi connectivity index (χ4v) is 3.95. The molecule has 0 unspecified atom stereocenters. The first-order valence-corrected chi connectivity index (χ1v) is 9.27. The lowest BCUT2D eigenvalue weighted by Crippen LogP contribution is -2.41. The van der Waals surface area contributed by atoms with E-state index in [2.05, 4.69) is 0 Å². The largest absolute Gasteiger partial charge is 0.486 e. The van der Waals surface area contributed by atoms with Gasteiger partial charge in [-0.2, -0.15) is 4.31 Å². The average molecular weight is 381 g/mol. The maximum absolute atomic E-state index is 12.8. The highest BCUT2D eigenvalue weighted by Crippen LogP contribution is 2.31. The molecule has 0 N–H and O–H groups in total. The third-order valence-electron chi connectivity index (χ3n) is 4.12. The predicted octanol–water partition coefficient (Wildman–Crippen LogP) is -0.324. The van der Waals surface area contributed by atoms with E-state index in [1.807, 2.05) is 0 Å². The van der Waals surface area contributed by atoms with Crippen molar-refractivity contribution in [1.29, 1.82) is 0 Å². The first-order valence-electron chi connectivity index (χ1n) is 7.83. The van der Waals surface area contributed by atoms with E-state index >= 15 is 0 Å². The second kappa shape index (κ2) is 6.61. The van der Waals surface area contributed by atoms with Crippen molar-refractivity contribution in [2.24, 2.45) is 14.1 Å². The number of sulfonamides is 1. The summed E-state index contributed by atoms with van der Waals surface area (Å²) in [6.45, 7) is 0.931. The average Bonchev–Trinajstić information content (AvgIpc) is 2.62. The van der Waals surface area contributed by atoms with Crippen molar-refractivity contribution in [3.05, 3.63) is 50.8 Å². The van der Waals surface area contributed by atoms with Crippen LogP contribution in [0.3, 0.4) is 0 Å². The number of hydrogen-bond acceptors (Lipinski definition) is 6. The van der Waals surface area contributed by atoms with E-state index in [1.165, 1.54) is 21.1 Å². The van der Waals surface area contributed by atoms with E-state index in [9.17, 15) is 18.0 Å². The van der Waals surface area contributed by atoms with Gasteiger partial charge in [-0.15, -0.1) is 0 Å². The van der Waals surface area contributed by atoms with Gasteiger partial charge in [0, 0.05) is 33.9 Å². The summed E-state index contributed by atoms with van der Waals surface area (Å²) in [5.74, 6) is 1.16. The molecule has 2 heterocycles. The van der Waals surface area contributed by atoms with Crippen LogP contribution < -0.4 is 20.7 Å². The number of aromatic nitrogens is 2. The summed E-state index contributed by atoms with van der Waals surface area (Å²) < 4.78 is 39.4. The Morgan fingerprint density at radius 1 is 1.12 bits per heavy atom. The summed E-state index contributed by atoms with van der Waals surface area (Å²) in [6, 6.07) is 5.16. The van der Waals surface area contributed by atoms with Gasteiger partial charge in [0.2, 0.25) is 10.0 Å². The van der Waals surface area contributed by atoms with E-state index < -0.39 is 26.2 Å². The van der Waals surface area contributed by atoms with E-state index in [0.29, 0.717) is 30.3 Å². The highest BCUT2D eigenvalue weighted by atomic mass is 32.2. The van der Waals surface area contributed by atoms with E-state index in [-0.39, 0.29) is 6.54 Å². The molecule has 140 valence electrons. The number of aryl methyl sites for hydroxylation is 1. The Kier molecular flexibility index (Phi) is 4.63. The number of ether oxygens (including phenoxy) is 2. The third kappa shape index (κ3) is 3.13. The molecule has 0 amide bonds.